The Kier molecular flexibility index (Phi) is 4.28. The molecule has 0 aromatic carbocycles. The number of halogens is 1. The summed E-state index contributed by atoms with van der Waals surface area (Å²) in [6.07, 6.45) is 9.72. The first-order chi connectivity index (χ1) is 8.34. The minimum Gasteiger partial charge on any atom is -0.339 e. The van der Waals surface area contributed by atoms with Crippen LogP contribution in [0.3, 0.4) is 0 Å². The largest absolute Gasteiger partial charge is 0.339 e. The molecular weight excluding hydrogens is 250 g/mol. The van der Waals surface area contributed by atoms with Crippen molar-refractivity contribution in [3.63, 3.8) is 0 Å². The topological polar surface area (TPSA) is 64.9 Å². The number of hydrogen-bond donors (Lipinski definition) is 1. The molecule has 0 saturated heterocycles. The van der Waals surface area contributed by atoms with Crippen molar-refractivity contribution in [1.82, 2.24) is 10.1 Å². The lowest BCUT2D eigenvalue weighted by molar-refractivity contribution is 0.282. The van der Waals surface area contributed by atoms with Crippen LogP contribution in [0.15, 0.2) is 4.52 Å². The molecule has 3 rings (SSSR count). The quantitative estimate of drug-likeness (QED) is 0.918. The molecule has 0 amide bonds. The number of aromatic nitrogens is 2. The van der Waals surface area contributed by atoms with Crippen molar-refractivity contribution >= 4 is 12.4 Å². The third-order valence-corrected chi connectivity index (χ3v) is 4.57. The fraction of sp³-hybridized carbons (Fsp3) is 0.846. The molecule has 0 atom stereocenters. The fourth-order valence-electron chi connectivity index (χ4n) is 3.36. The molecule has 0 spiro atoms. The Morgan fingerprint density at radius 3 is 2.44 bits per heavy atom. The highest BCUT2D eigenvalue weighted by atomic mass is 35.5. The molecule has 2 saturated carbocycles. The van der Waals surface area contributed by atoms with E-state index in [1.165, 1.54) is 38.5 Å². The predicted octanol–water partition coefficient (Wildman–Crippen LogP) is 2.92. The summed E-state index contributed by atoms with van der Waals surface area (Å²) in [5.41, 5.74) is 5.93. The predicted molar refractivity (Wildman–Crippen MR) is 72.0 cm³/mol. The Hall–Kier alpha value is -0.610. The minimum absolute atomic E-state index is 0. The van der Waals surface area contributed by atoms with Crippen molar-refractivity contribution in [3.05, 3.63) is 11.7 Å². The third kappa shape index (κ3) is 2.28. The van der Waals surface area contributed by atoms with Crippen LogP contribution in [0.4, 0.5) is 0 Å². The number of nitrogens with two attached hydrogens (primary N) is 1. The van der Waals surface area contributed by atoms with Gasteiger partial charge in [-0.25, -0.2) is 0 Å². The van der Waals surface area contributed by atoms with Gasteiger partial charge in [0.1, 0.15) is 0 Å². The number of hydrogen-bond acceptors (Lipinski definition) is 4. The lowest BCUT2D eigenvalue weighted by Crippen LogP contribution is -2.32. The van der Waals surface area contributed by atoms with Crippen molar-refractivity contribution in [2.45, 2.75) is 62.7 Å². The van der Waals surface area contributed by atoms with E-state index in [1.807, 2.05) is 0 Å². The summed E-state index contributed by atoms with van der Waals surface area (Å²) in [7, 11) is 0. The van der Waals surface area contributed by atoms with Crippen molar-refractivity contribution in [2.75, 3.05) is 6.54 Å². The fourth-order valence-corrected chi connectivity index (χ4v) is 3.36. The molecule has 2 N–H and O–H groups in total. The second kappa shape index (κ2) is 5.57. The molecule has 2 aliphatic rings. The van der Waals surface area contributed by atoms with Crippen LogP contribution in [0.1, 0.15) is 69.0 Å². The van der Waals surface area contributed by atoms with Crippen LogP contribution in [0.2, 0.25) is 0 Å². The summed E-state index contributed by atoms with van der Waals surface area (Å²) < 4.78 is 5.51. The van der Waals surface area contributed by atoms with Crippen LogP contribution in [0.25, 0.3) is 0 Å². The summed E-state index contributed by atoms with van der Waals surface area (Å²) in [6.45, 7) is 0.638. The summed E-state index contributed by atoms with van der Waals surface area (Å²) >= 11 is 0. The van der Waals surface area contributed by atoms with Gasteiger partial charge in [-0.1, -0.05) is 30.8 Å². The highest BCUT2D eigenvalue weighted by Gasteiger charge is 2.40. The van der Waals surface area contributed by atoms with Crippen LogP contribution in [0, 0.1) is 0 Å². The number of rotatable bonds is 3. The van der Waals surface area contributed by atoms with Gasteiger partial charge in [0.25, 0.3) is 0 Å². The van der Waals surface area contributed by atoms with Gasteiger partial charge in [-0.15, -0.1) is 12.4 Å². The Balaban J connectivity index is 0.00000120. The monoisotopic (exact) mass is 271 g/mol. The van der Waals surface area contributed by atoms with Gasteiger partial charge < -0.3 is 10.3 Å². The molecule has 2 aliphatic carbocycles. The second-order valence-electron chi connectivity index (χ2n) is 5.63. The molecule has 0 bridgehead atoms. The summed E-state index contributed by atoms with van der Waals surface area (Å²) in [5.74, 6) is 2.26. The van der Waals surface area contributed by atoms with E-state index in [0.717, 1.165) is 24.6 Å². The Morgan fingerprint density at radius 2 is 1.83 bits per heavy atom. The van der Waals surface area contributed by atoms with E-state index in [0.29, 0.717) is 12.5 Å². The second-order valence-corrected chi connectivity index (χ2v) is 5.63. The molecule has 0 unspecified atom stereocenters. The van der Waals surface area contributed by atoms with Crippen molar-refractivity contribution in [2.24, 2.45) is 5.73 Å². The van der Waals surface area contributed by atoms with E-state index < -0.39 is 0 Å². The molecule has 1 heterocycles. The van der Waals surface area contributed by atoms with E-state index in [9.17, 15) is 0 Å². The van der Waals surface area contributed by atoms with Crippen molar-refractivity contribution in [1.29, 1.82) is 0 Å². The first-order valence-corrected chi connectivity index (χ1v) is 6.88. The summed E-state index contributed by atoms with van der Waals surface area (Å²) in [4.78, 5) is 4.66. The molecule has 0 aliphatic heterocycles. The number of nitrogens with zero attached hydrogens (tertiary/aromatic N) is 2. The third-order valence-electron chi connectivity index (χ3n) is 4.57. The Bertz CT molecular complexity index is 381. The van der Waals surface area contributed by atoms with Gasteiger partial charge in [0.05, 0.1) is 5.41 Å². The zero-order valence-corrected chi connectivity index (χ0v) is 11.5. The molecule has 2 fully saturated rings. The molecular formula is C13H22ClN3O. The zero-order chi connectivity index (χ0) is 11.7. The molecule has 102 valence electrons. The van der Waals surface area contributed by atoms with E-state index in [-0.39, 0.29) is 17.8 Å². The zero-order valence-electron chi connectivity index (χ0n) is 10.7. The van der Waals surface area contributed by atoms with Crippen LogP contribution >= 0.6 is 12.4 Å². The molecule has 1 aromatic heterocycles. The average Bonchev–Trinajstić information content (AvgIpc) is 3.10. The molecule has 4 nitrogen and oxygen atoms in total. The van der Waals surface area contributed by atoms with E-state index in [2.05, 4.69) is 10.1 Å². The van der Waals surface area contributed by atoms with E-state index in [1.54, 1.807) is 0 Å². The summed E-state index contributed by atoms with van der Waals surface area (Å²) in [5, 5.41) is 4.19. The van der Waals surface area contributed by atoms with Crippen molar-refractivity contribution in [3.8, 4) is 0 Å². The summed E-state index contributed by atoms with van der Waals surface area (Å²) in [6, 6.07) is 0. The van der Waals surface area contributed by atoms with Crippen molar-refractivity contribution < 1.29 is 4.52 Å². The Morgan fingerprint density at radius 1 is 1.17 bits per heavy atom. The van der Waals surface area contributed by atoms with Crippen LogP contribution in [0.5, 0.6) is 0 Å². The highest BCUT2D eigenvalue weighted by molar-refractivity contribution is 5.85. The Labute approximate surface area is 114 Å². The standard InChI is InChI=1S/C13H21N3O.ClH/c14-9-13(7-3-4-8-13)12-15-11(16-17-12)10-5-1-2-6-10;/h10H,1-9,14H2;1H. The van der Waals surface area contributed by atoms with Gasteiger partial charge >= 0.3 is 0 Å². The first kappa shape index (κ1) is 13.8. The highest BCUT2D eigenvalue weighted by Crippen LogP contribution is 2.40. The van der Waals surface area contributed by atoms with Gasteiger partial charge in [0.15, 0.2) is 5.82 Å². The van der Waals surface area contributed by atoms with Crippen LogP contribution in [-0.2, 0) is 5.41 Å². The van der Waals surface area contributed by atoms with Crippen LogP contribution < -0.4 is 5.73 Å². The molecule has 18 heavy (non-hydrogen) atoms. The molecule has 1 aromatic rings. The minimum atomic E-state index is -0.0101. The van der Waals surface area contributed by atoms with Gasteiger partial charge in [-0.2, -0.15) is 4.98 Å². The van der Waals surface area contributed by atoms with Gasteiger partial charge in [0.2, 0.25) is 5.89 Å². The first-order valence-electron chi connectivity index (χ1n) is 6.88. The molecule has 5 heteroatoms. The van der Waals surface area contributed by atoms with E-state index >= 15 is 0 Å². The maximum absolute atomic E-state index is 5.94. The van der Waals surface area contributed by atoms with Gasteiger partial charge in [0, 0.05) is 12.5 Å². The van der Waals surface area contributed by atoms with E-state index in [4.69, 9.17) is 10.3 Å². The lowest BCUT2D eigenvalue weighted by atomic mass is 9.86. The maximum Gasteiger partial charge on any atom is 0.234 e. The van der Waals surface area contributed by atoms with Crippen LogP contribution in [-0.4, -0.2) is 16.7 Å². The average molecular weight is 272 g/mol. The smallest absolute Gasteiger partial charge is 0.234 e. The van der Waals surface area contributed by atoms with Gasteiger partial charge in [-0.05, 0) is 25.7 Å². The normalized spacial score (nSPS) is 23.2. The lowest BCUT2D eigenvalue weighted by Gasteiger charge is -2.21. The van der Waals surface area contributed by atoms with Gasteiger partial charge in [-0.3, -0.25) is 0 Å². The SMILES string of the molecule is Cl.NCC1(c2nc(C3CCCC3)no2)CCCC1. The molecule has 0 radical (unpaired) electrons. The maximum atomic E-state index is 5.94.